The third kappa shape index (κ3) is 11.6. The summed E-state index contributed by atoms with van der Waals surface area (Å²) in [5.41, 5.74) is 7.06. The van der Waals surface area contributed by atoms with E-state index in [1.807, 2.05) is 100 Å². The van der Waals surface area contributed by atoms with Crippen LogP contribution >= 0.6 is 0 Å². The Hall–Kier alpha value is -3.01. The summed E-state index contributed by atoms with van der Waals surface area (Å²) in [6, 6.07) is 23.5. The maximum absolute atomic E-state index is 11.1. The SMILES string of the molecule is CO.Cc1cc(C)c(C=O)c(OCc2ccccc2)n1.Cc1cc(C)c(CO)c(OCc2ccccc2)n1.[B].[H-].[Na+]. The number of hydrogen-bond acceptors (Lipinski definition) is 7. The fourth-order valence-electron chi connectivity index (χ4n) is 3.66. The molecule has 0 aliphatic heterocycles. The van der Waals surface area contributed by atoms with E-state index in [4.69, 9.17) is 14.6 Å². The molecule has 0 aliphatic carbocycles. The molecule has 0 saturated heterocycles. The minimum atomic E-state index is -0.0523. The quantitative estimate of drug-likeness (QED) is 0.256. The molecule has 0 amide bonds. The number of rotatable bonds is 8. The van der Waals surface area contributed by atoms with Crippen molar-refractivity contribution in [1.82, 2.24) is 9.97 Å². The zero-order valence-corrected chi connectivity index (χ0v) is 26.2. The summed E-state index contributed by atoms with van der Waals surface area (Å²) in [6.07, 6.45) is 0.794. The van der Waals surface area contributed by atoms with Gasteiger partial charge in [0.05, 0.1) is 12.2 Å². The van der Waals surface area contributed by atoms with Crippen molar-refractivity contribution in [3.63, 3.8) is 0 Å². The van der Waals surface area contributed by atoms with Gasteiger partial charge in [0.1, 0.15) is 13.2 Å². The number of aliphatic hydroxyl groups excluding tert-OH is 2. The van der Waals surface area contributed by atoms with Gasteiger partial charge in [-0.15, -0.1) is 0 Å². The van der Waals surface area contributed by atoms with Gasteiger partial charge in [0.2, 0.25) is 11.8 Å². The minimum Gasteiger partial charge on any atom is -1.00 e. The second-order valence-corrected chi connectivity index (χ2v) is 8.49. The molecule has 205 valence electrons. The first-order chi connectivity index (χ1) is 18.4. The number of aryl methyl sites for hydroxylation is 4. The van der Waals surface area contributed by atoms with E-state index in [-0.39, 0.29) is 46.0 Å². The fourth-order valence-corrected chi connectivity index (χ4v) is 3.66. The van der Waals surface area contributed by atoms with Crippen molar-refractivity contribution in [1.29, 1.82) is 0 Å². The van der Waals surface area contributed by atoms with E-state index in [0.29, 0.717) is 30.5 Å². The summed E-state index contributed by atoms with van der Waals surface area (Å²) < 4.78 is 11.3. The number of carbonyl (C=O) groups excluding carboxylic acids is 1. The van der Waals surface area contributed by atoms with E-state index in [1.165, 1.54) is 0 Å². The van der Waals surface area contributed by atoms with Crippen molar-refractivity contribution in [2.75, 3.05) is 7.11 Å². The summed E-state index contributed by atoms with van der Waals surface area (Å²) in [5, 5.41) is 16.4. The van der Waals surface area contributed by atoms with Gasteiger partial charge in [-0.3, -0.25) is 4.79 Å². The number of aldehydes is 1. The van der Waals surface area contributed by atoms with E-state index >= 15 is 0 Å². The van der Waals surface area contributed by atoms with Gasteiger partial charge in [0, 0.05) is 32.5 Å². The molecule has 0 fully saturated rings. The fraction of sp³-hybridized carbons (Fsp3) is 0.258. The van der Waals surface area contributed by atoms with Gasteiger partial charge < -0.3 is 21.1 Å². The predicted molar refractivity (Wildman–Crippen MR) is 155 cm³/mol. The van der Waals surface area contributed by atoms with Crippen molar-refractivity contribution in [2.45, 2.75) is 47.5 Å². The van der Waals surface area contributed by atoms with Crippen LogP contribution in [0.25, 0.3) is 0 Å². The Kier molecular flexibility index (Phi) is 18.5. The standard InChI is InChI=1S/C15H17NO2.C15H15NO2.CH4O.B.Na.H/c2*1-11-8-12(2)16-15(14(11)9-17)18-10-13-6-4-3-5-7-13;1-2;;;/h3-8,17H,9-10H2,1-2H3;3-9H,10H2,1-2H3;2H,1H3;;;/q;;;;+1;-1. The second kappa shape index (κ2) is 20.0. The predicted octanol–water partition coefficient (Wildman–Crippen LogP) is 2.20. The molecule has 2 aromatic heterocycles. The average molecular weight is 551 g/mol. The van der Waals surface area contributed by atoms with E-state index in [2.05, 4.69) is 9.97 Å². The number of aromatic nitrogens is 2. The molecule has 0 saturated carbocycles. The molecule has 2 heterocycles. The molecule has 0 spiro atoms. The van der Waals surface area contributed by atoms with Crippen molar-refractivity contribution >= 4 is 14.7 Å². The van der Waals surface area contributed by atoms with E-state index in [1.54, 1.807) is 0 Å². The molecule has 40 heavy (non-hydrogen) atoms. The molecular weight excluding hydrogens is 514 g/mol. The Bertz CT molecular complexity index is 1300. The van der Waals surface area contributed by atoms with Crippen molar-refractivity contribution in [3.8, 4) is 11.8 Å². The Balaban J connectivity index is 0. The number of benzene rings is 2. The van der Waals surface area contributed by atoms with Crippen LogP contribution in [-0.2, 0) is 19.8 Å². The molecule has 0 bridgehead atoms. The van der Waals surface area contributed by atoms with Gasteiger partial charge in [-0.1, -0.05) is 60.7 Å². The summed E-state index contributed by atoms with van der Waals surface area (Å²) >= 11 is 0. The van der Waals surface area contributed by atoms with E-state index < -0.39 is 0 Å². The molecule has 4 aromatic rings. The van der Waals surface area contributed by atoms with E-state index in [0.717, 1.165) is 52.6 Å². The van der Waals surface area contributed by atoms with E-state index in [9.17, 15) is 9.90 Å². The van der Waals surface area contributed by atoms with Crippen molar-refractivity contribution in [2.24, 2.45) is 0 Å². The molecule has 0 aliphatic rings. The van der Waals surface area contributed by atoms with Crippen LogP contribution in [0.2, 0.25) is 0 Å². The third-order valence-corrected chi connectivity index (χ3v) is 5.51. The molecule has 3 radical (unpaired) electrons. The maximum atomic E-state index is 11.1. The van der Waals surface area contributed by atoms with Crippen LogP contribution in [0.1, 0.15) is 51.0 Å². The van der Waals surface area contributed by atoms with Crippen LogP contribution in [0.15, 0.2) is 72.8 Å². The largest absolute Gasteiger partial charge is 1.00 e. The van der Waals surface area contributed by atoms with Crippen LogP contribution in [-0.4, -0.2) is 42.0 Å². The normalized spacial score (nSPS) is 9.38. The Morgan fingerprint density at radius 3 is 1.62 bits per heavy atom. The molecule has 2 N–H and O–H groups in total. The van der Waals surface area contributed by atoms with Gasteiger partial charge in [0.15, 0.2) is 6.29 Å². The number of hydrogen-bond donors (Lipinski definition) is 2. The van der Waals surface area contributed by atoms with Crippen molar-refractivity contribution in [3.05, 3.63) is 118 Å². The average Bonchev–Trinajstić information content (AvgIpc) is 2.93. The van der Waals surface area contributed by atoms with Crippen LogP contribution in [0.3, 0.4) is 0 Å². The number of nitrogens with zero attached hydrogens (tertiary/aromatic N) is 2. The molecule has 2 aromatic carbocycles. The topological polar surface area (TPSA) is 102 Å². The minimum absolute atomic E-state index is 0. The Morgan fingerprint density at radius 2 is 1.18 bits per heavy atom. The van der Waals surface area contributed by atoms with Gasteiger partial charge in [-0.05, 0) is 62.1 Å². The number of ether oxygens (including phenoxy) is 2. The zero-order chi connectivity index (χ0) is 27.9. The summed E-state index contributed by atoms with van der Waals surface area (Å²) in [4.78, 5) is 19.7. The molecule has 0 unspecified atom stereocenters. The Morgan fingerprint density at radius 1 is 0.750 bits per heavy atom. The van der Waals surface area contributed by atoms with Crippen LogP contribution < -0.4 is 39.0 Å². The van der Waals surface area contributed by atoms with Gasteiger partial charge in [-0.2, -0.15) is 0 Å². The summed E-state index contributed by atoms with van der Waals surface area (Å²) in [6.45, 7) is 8.47. The smallest absolute Gasteiger partial charge is 1.00 e. The zero-order valence-electron chi connectivity index (χ0n) is 25.2. The summed E-state index contributed by atoms with van der Waals surface area (Å²) in [7, 11) is 1.00. The van der Waals surface area contributed by atoms with Crippen LogP contribution in [0.4, 0.5) is 0 Å². The molecule has 0 atom stereocenters. The molecule has 7 nitrogen and oxygen atoms in total. The number of carbonyl (C=O) groups is 1. The second-order valence-electron chi connectivity index (χ2n) is 8.49. The molecule has 4 rings (SSSR count). The molecular formula is C31H37BN2NaO5. The van der Waals surface area contributed by atoms with Crippen molar-refractivity contribution < 1.29 is 55.5 Å². The summed E-state index contributed by atoms with van der Waals surface area (Å²) in [5.74, 6) is 0.935. The van der Waals surface area contributed by atoms with Gasteiger partial charge >= 0.3 is 29.6 Å². The third-order valence-electron chi connectivity index (χ3n) is 5.51. The first-order valence-corrected chi connectivity index (χ1v) is 12.2. The number of aliphatic hydroxyl groups is 2. The van der Waals surface area contributed by atoms with Crippen LogP contribution in [0, 0.1) is 27.7 Å². The first-order valence-electron chi connectivity index (χ1n) is 12.2. The maximum Gasteiger partial charge on any atom is 1.00 e. The first kappa shape index (κ1) is 37.0. The number of pyridine rings is 2. The van der Waals surface area contributed by atoms with Gasteiger partial charge in [0.25, 0.3) is 0 Å². The van der Waals surface area contributed by atoms with Crippen LogP contribution in [0.5, 0.6) is 11.8 Å². The van der Waals surface area contributed by atoms with Gasteiger partial charge in [-0.25, -0.2) is 9.97 Å². The molecule has 9 heteroatoms. The Labute approximate surface area is 263 Å². The monoisotopic (exact) mass is 551 g/mol.